The summed E-state index contributed by atoms with van der Waals surface area (Å²) in [5.41, 5.74) is 15.8. The number of amidine groups is 2. The van der Waals surface area contributed by atoms with Gasteiger partial charge in [0.2, 0.25) is 0 Å². The van der Waals surface area contributed by atoms with Crippen molar-refractivity contribution in [3.63, 3.8) is 0 Å². The maximum absolute atomic E-state index is 6.88. The van der Waals surface area contributed by atoms with Crippen molar-refractivity contribution in [2.45, 2.75) is 24.9 Å². The molecule has 2 heterocycles. The lowest BCUT2D eigenvalue weighted by Gasteiger charge is -2.34. The topological polar surface area (TPSA) is 49.9 Å². The van der Waals surface area contributed by atoms with Crippen LogP contribution in [0.5, 0.6) is 0 Å². The predicted octanol–water partition coefficient (Wildman–Crippen LogP) is 13.3. The fraction of sp³-hybridized carbons (Fsp3) is 0.0741. The van der Waals surface area contributed by atoms with E-state index in [1.807, 2.05) is 42.5 Å². The molecule has 4 nitrogen and oxygen atoms in total. The molecule has 2 atom stereocenters. The van der Waals surface area contributed by atoms with E-state index in [2.05, 4.69) is 164 Å². The summed E-state index contributed by atoms with van der Waals surface area (Å²) < 4.78 is 6.88. The number of nitrogens with zero attached hydrogens (tertiary/aromatic N) is 2. The summed E-state index contributed by atoms with van der Waals surface area (Å²) in [5.74, 6) is 2.19. The summed E-state index contributed by atoms with van der Waals surface area (Å²) in [4.78, 5) is 10.6. The largest absolute Gasteiger partial charge is 0.455 e. The zero-order chi connectivity index (χ0) is 38.6. The molecule has 0 saturated heterocycles. The molecule has 1 N–H and O–H groups in total. The normalized spacial score (nSPS) is 16.3. The Hall–Kier alpha value is -7.30. The summed E-state index contributed by atoms with van der Waals surface area (Å²) >= 11 is 0. The molecule has 0 radical (unpaired) electrons. The first-order valence-electron chi connectivity index (χ1n) is 20.0. The van der Waals surface area contributed by atoms with Crippen LogP contribution in [0.1, 0.15) is 58.3 Å². The molecule has 2 unspecified atom stereocenters. The summed E-state index contributed by atoms with van der Waals surface area (Å²) in [6.45, 7) is 2.37. The van der Waals surface area contributed by atoms with Gasteiger partial charge in [-0.05, 0) is 68.6 Å². The van der Waals surface area contributed by atoms with Gasteiger partial charge in [-0.15, -0.1) is 0 Å². The van der Waals surface area contributed by atoms with Crippen molar-refractivity contribution < 1.29 is 4.42 Å². The SMILES string of the molecule is CC1c2ccccc2-c2cc(-c3ccc4oc5c(-c6ccccc6)ccc(C6N=C(c7ccccc7)NC(c7ccccc7)=N6)c5c4c3)ccc2C1c1ccccc1. The molecule has 58 heavy (non-hydrogen) atoms. The quantitative estimate of drug-likeness (QED) is 0.184. The van der Waals surface area contributed by atoms with Crippen molar-refractivity contribution in [2.24, 2.45) is 9.98 Å². The molecule has 0 fully saturated rings. The molecule has 9 aromatic rings. The second-order valence-electron chi connectivity index (χ2n) is 15.3. The maximum Gasteiger partial charge on any atom is 0.170 e. The first-order valence-corrected chi connectivity index (χ1v) is 20.0. The van der Waals surface area contributed by atoms with E-state index in [0.29, 0.717) is 5.92 Å². The molecule has 1 aliphatic heterocycles. The van der Waals surface area contributed by atoms with Crippen LogP contribution >= 0.6 is 0 Å². The van der Waals surface area contributed by atoms with E-state index in [9.17, 15) is 0 Å². The Balaban J connectivity index is 1.11. The highest BCUT2D eigenvalue weighted by atomic mass is 16.3. The van der Waals surface area contributed by atoms with E-state index in [1.54, 1.807) is 0 Å². The van der Waals surface area contributed by atoms with Crippen LogP contribution in [0.2, 0.25) is 0 Å². The molecule has 0 bridgehead atoms. The van der Waals surface area contributed by atoms with E-state index in [-0.39, 0.29) is 5.92 Å². The Kier molecular flexibility index (Phi) is 8.21. The summed E-state index contributed by atoms with van der Waals surface area (Å²) in [6.07, 6.45) is -0.513. The number of hydrogen-bond acceptors (Lipinski definition) is 4. The van der Waals surface area contributed by atoms with E-state index < -0.39 is 6.17 Å². The van der Waals surface area contributed by atoms with Gasteiger partial charge in [0.1, 0.15) is 22.8 Å². The second kappa shape index (κ2) is 14.0. The lowest BCUT2D eigenvalue weighted by Crippen LogP contribution is -2.36. The van der Waals surface area contributed by atoms with Gasteiger partial charge in [0.05, 0.1) is 0 Å². The van der Waals surface area contributed by atoms with Crippen molar-refractivity contribution >= 4 is 33.6 Å². The highest BCUT2D eigenvalue weighted by Gasteiger charge is 2.32. The van der Waals surface area contributed by atoms with E-state index in [1.165, 1.54) is 33.4 Å². The van der Waals surface area contributed by atoms with E-state index in [0.717, 1.165) is 67.0 Å². The van der Waals surface area contributed by atoms with Crippen molar-refractivity contribution in [3.05, 3.63) is 228 Å². The highest BCUT2D eigenvalue weighted by molar-refractivity contribution is 6.17. The van der Waals surface area contributed by atoms with Crippen molar-refractivity contribution in [3.8, 4) is 33.4 Å². The third kappa shape index (κ3) is 5.76. The van der Waals surface area contributed by atoms with Gasteiger partial charge in [0.15, 0.2) is 6.17 Å². The van der Waals surface area contributed by atoms with Gasteiger partial charge >= 0.3 is 0 Å². The minimum absolute atomic E-state index is 0.270. The van der Waals surface area contributed by atoms with Gasteiger partial charge in [-0.2, -0.15) is 0 Å². The number of hydrogen-bond donors (Lipinski definition) is 1. The molecular formula is C54H39N3O. The van der Waals surface area contributed by atoms with Crippen molar-refractivity contribution in [1.29, 1.82) is 0 Å². The van der Waals surface area contributed by atoms with Gasteiger partial charge in [0.25, 0.3) is 0 Å². The van der Waals surface area contributed by atoms with Crippen LogP contribution in [-0.4, -0.2) is 11.7 Å². The van der Waals surface area contributed by atoms with Gasteiger partial charge in [-0.3, -0.25) is 0 Å². The Bertz CT molecular complexity index is 2980. The van der Waals surface area contributed by atoms with Gasteiger partial charge in [-0.25, -0.2) is 9.98 Å². The maximum atomic E-state index is 6.88. The first-order chi connectivity index (χ1) is 28.7. The van der Waals surface area contributed by atoms with Crippen LogP contribution in [0, 0.1) is 0 Å². The van der Waals surface area contributed by atoms with E-state index >= 15 is 0 Å². The van der Waals surface area contributed by atoms with E-state index in [4.69, 9.17) is 14.4 Å². The summed E-state index contributed by atoms with van der Waals surface area (Å²) in [7, 11) is 0. The number of rotatable bonds is 6. The Morgan fingerprint density at radius 3 is 1.71 bits per heavy atom. The highest BCUT2D eigenvalue weighted by Crippen LogP contribution is 2.51. The average Bonchev–Trinajstić information content (AvgIpc) is 3.69. The summed E-state index contributed by atoms with van der Waals surface area (Å²) in [6, 6.07) is 69.0. The monoisotopic (exact) mass is 745 g/mol. The van der Waals surface area contributed by atoms with Crippen LogP contribution in [0.3, 0.4) is 0 Å². The Labute approximate surface area is 337 Å². The number of nitrogens with one attached hydrogen (secondary N) is 1. The summed E-state index contributed by atoms with van der Waals surface area (Å²) in [5, 5.41) is 5.63. The molecule has 0 spiro atoms. The Morgan fingerprint density at radius 2 is 1.02 bits per heavy atom. The third-order valence-corrected chi connectivity index (χ3v) is 12.0. The van der Waals surface area contributed by atoms with Crippen LogP contribution in [0.15, 0.2) is 209 Å². The van der Waals surface area contributed by atoms with Crippen molar-refractivity contribution in [1.82, 2.24) is 5.32 Å². The fourth-order valence-electron chi connectivity index (χ4n) is 9.18. The molecule has 0 saturated carbocycles. The first kappa shape index (κ1) is 34.0. The number of benzene rings is 8. The predicted molar refractivity (Wildman–Crippen MR) is 239 cm³/mol. The van der Waals surface area contributed by atoms with Crippen LogP contribution < -0.4 is 5.32 Å². The van der Waals surface area contributed by atoms with Crippen molar-refractivity contribution in [2.75, 3.05) is 0 Å². The standard InChI is InChI=1S/C54H39N3O/c1-34-41-24-14-15-25-43(41)46-32-39(26-28-44(46)49(34)36-18-8-3-9-19-36)40-27-31-48-47(33-40)50-45(30-29-42(51(50)58-48)35-16-6-2-7-17-35)54-56-52(37-20-10-4-11-21-37)55-53(57-54)38-22-12-5-13-23-38/h2-34,49,54H,1H3,(H,55,56,57). The molecule has 0 amide bonds. The number of furan rings is 1. The molecule has 1 aromatic heterocycles. The number of aliphatic imine (C=N–C) groups is 2. The molecule has 2 aliphatic rings. The zero-order valence-electron chi connectivity index (χ0n) is 32.0. The molecule has 8 aromatic carbocycles. The van der Waals surface area contributed by atoms with Gasteiger partial charge in [0, 0.05) is 38.9 Å². The molecular weight excluding hydrogens is 707 g/mol. The lowest BCUT2D eigenvalue weighted by atomic mass is 9.69. The third-order valence-electron chi connectivity index (χ3n) is 12.0. The average molecular weight is 746 g/mol. The van der Waals surface area contributed by atoms with Crippen LogP contribution in [-0.2, 0) is 0 Å². The van der Waals surface area contributed by atoms with Crippen LogP contribution in [0.25, 0.3) is 55.3 Å². The molecule has 1 aliphatic carbocycles. The smallest absolute Gasteiger partial charge is 0.170 e. The molecule has 11 rings (SSSR count). The minimum atomic E-state index is -0.513. The lowest BCUT2D eigenvalue weighted by molar-refractivity contribution is 0.649. The minimum Gasteiger partial charge on any atom is -0.455 e. The molecule has 4 heteroatoms. The fourth-order valence-corrected chi connectivity index (χ4v) is 9.18. The Morgan fingerprint density at radius 1 is 0.448 bits per heavy atom. The number of fused-ring (bicyclic) bond motifs is 6. The van der Waals surface area contributed by atoms with Gasteiger partial charge in [-0.1, -0.05) is 183 Å². The second-order valence-corrected chi connectivity index (χ2v) is 15.3. The van der Waals surface area contributed by atoms with Crippen LogP contribution in [0.4, 0.5) is 0 Å². The zero-order valence-corrected chi connectivity index (χ0v) is 32.0. The van der Waals surface area contributed by atoms with Gasteiger partial charge < -0.3 is 9.73 Å². The molecule has 276 valence electrons.